The van der Waals surface area contributed by atoms with E-state index in [1.165, 1.54) is 16.4 Å². The van der Waals surface area contributed by atoms with Crippen molar-refractivity contribution in [2.45, 2.75) is 24.6 Å². The number of piperazine rings is 1. The van der Waals surface area contributed by atoms with E-state index < -0.39 is 15.8 Å². The quantitative estimate of drug-likeness (QED) is 0.807. The Morgan fingerprint density at radius 1 is 1.17 bits per heavy atom. The molecule has 0 aliphatic carbocycles. The first kappa shape index (κ1) is 18.1. The zero-order valence-electron chi connectivity index (χ0n) is 13.5. The monoisotopic (exact) mass is 376 g/mol. The van der Waals surface area contributed by atoms with Crippen LogP contribution >= 0.6 is 11.6 Å². The van der Waals surface area contributed by atoms with Gasteiger partial charge in [0.05, 0.1) is 5.75 Å². The fraction of sp³-hybridized carbons (Fsp3) is 0.625. The molecule has 2 fully saturated rings. The number of sulfonamides is 1. The van der Waals surface area contributed by atoms with Gasteiger partial charge in [-0.05, 0) is 25.0 Å². The molecule has 2 aliphatic rings. The number of hydrogen-bond donors (Lipinski definition) is 0. The molecule has 0 saturated carbocycles. The summed E-state index contributed by atoms with van der Waals surface area (Å²) in [5, 5.41) is 0.263. The summed E-state index contributed by atoms with van der Waals surface area (Å²) in [6, 6.07) is 4.58. The predicted octanol–water partition coefficient (Wildman–Crippen LogP) is 2.11. The normalized spacial score (nSPS) is 21.9. The van der Waals surface area contributed by atoms with Crippen LogP contribution in [0.15, 0.2) is 18.2 Å². The second-order valence-electron chi connectivity index (χ2n) is 6.27. The molecule has 2 saturated heterocycles. The number of rotatable bonds is 4. The van der Waals surface area contributed by atoms with E-state index in [1.807, 2.05) is 0 Å². The minimum Gasteiger partial charge on any atom is -0.381 e. The summed E-state index contributed by atoms with van der Waals surface area (Å²) in [5.74, 6) is -0.903. The van der Waals surface area contributed by atoms with Crippen LogP contribution in [0, 0.1) is 5.82 Å². The highest BCUT2D eigenvalue weighted by molar-refractivity contribution is 7.88. The van der Waals surface area contributed by atoms with Crippen LogP contribution < -0.4 is 0 Å². The molecule has 1 aromatic rings. The van der Waals surface area contributed by atoms with Gasteiger partial charge in [0.1, 0.15) is 5.82 Å². The molecule has 0 amide bonds. The highest BCUT2D eigenvalue weighted by Crippen LogP contribution is 2.21. The van der Waals surface area contributed by atoms with Gasteiger partial charge in [0.25, 0.3) is 0 Å². The number of halogens is 2. The molecule has 0 atom stereocenters. The maximum absolute atomic E-state index is 13.9. The van der Waals surface area contributed by atoms with E-state index in [9.17, 15) is 12.8 Å². The standard InChI is InChI=1S/C16H22ClFN2O3S/c17-14-2-1-13(16(18)11-14)12-24(21,22)20-7-5-19(6-8-20)15-3-9-23-10-4-15/h1-2,11,15H,3-10,12H2. The second-order valence-corrected chi connectivity index (χ2v) is 8.68. The van der Waals surface area contributed by atoms with Crippen molar-refractivity contribution in [1.82, 2.24) is 9.21 Å². The van der Waals surface area contributed by atoms with E-state index in [1.54, 1.807) is 0 Å². The molecule has 3 rings (SSSR count). The largest absolute Gasteiger partial charge is 0.381 e. The van der Waals surface area contributed by atoms with Gasteiger partial charge in [-0.2, -0.15) is 4.31 Å². The van der Waals surface area contributed by atoms with Gasteiger partial charge in [0, 0.05) is 56.0 Å². The molecule has 0 bridgehead atoms. The van der Waals surface area contributed by atoms with E-state index in [4.69, 9.17) is 16.3 Å². The Morgan fingerprint density at radius 3 is 2.46 bits per heavy atom. The molecule has 0 unspecified atom stereocenters. The van der Waals surface area contributed by atoms with Crippen LogP contribution in [0.3, 0.4) is 0 Å². The van der Waals surface area contributed by atoms with Gasteiger partial charge in [0.2, 0.25) is 10.0 Å². The van der Waals surface area contributed by atoms with Crippen LogP contribution in [0.1, 0.15) is 18.4 Å². The van der Waals surface area contributed by atoms with Crippen LogP contribution in [0.25, 0.3) is 0 Å². The minimum atomic E-state index is -3.53. The molecule has 1 aromatic carbocycles. The lowest BCUT2D eigenvalue weighted by Crippen LogP contribution is -2.53. The Kier molecular flexibility index (Phi) is 5.77. The molecule has 8 heteroatoms. The van der Waals surface area contributed by atoms with E-state index in [2.05, 4.69) is 4.90 Å². The predicted molar refractivity (Wildman–Crippen MR) is 91.0 cm³/mol. The van der Waals surface area contributed by atoms with Crippen molar-refractivity contribution >= 4 is 21.6 Å². The highest BCUT2D eigenvalue weighted by Gasteiger charge is 2.31. The second kappa shape index (κ2) is 7.66. The number of benzene rings is 1. The zero-order chi connectivity index (χ0) is 17.2. The van der Waals surface area contributed by atoms with Gasteiger partial charge < -0.3 is 4.74 Å². The minimum absolute atomic E-state index is 0.159. The maximum atomic E-state index is 13.9. The lowest BCUT2D eigenvalue weighted by atomic mass is 10.1. The Balaban J connectivity index is 1.60. The van der Waals surface area contributed by atoms with Crippen molar-refractivity contribution in [3.63, 3.8) is 0 Å². The summed E-state index contributed by atoms with van der Waals surface area (Å²) in [4.78, 5) is 2.34. The third-order valence-electron chi connectivity index (χ3n) is 4.73. The van der Waals surface area contributed by atoms with Gasteiger partial charge in [-0.15, -0.1) is 0 Å². The molecule has 0 spiro atoms. The SMILES string of the molecule is O=S(=O)(Cc1ccc(Cl)cc1F)N1CCN(C2CCOCC2)CC1. The van der Waals surface area contributed by atoms with Gasteiger partial charge in [-0.25, -0.2) is 12.8 Å². The summed E-state index contributed by atoms with van der Waals surface area (Å²) in [7, 11) is -3.53. The van der Waals surface area contributed by atoms with Gasteiger partial charge >= 0.3 is 0 Å². The average Bonchev–Trinajstić information content (AvgIpc) is 2.58. The molecule has 0 aromatic heterocycles. The molecule has 0 radical (unpaired) electrons. The van der Waals surface area contributed by atoms with E-state index in [0.29, 0.717) is 32.2 Å². The lowest BCUT2D eigenvalue weighted by Gasteiger charge is -2.40. The Morgan fingerprint density at radius 2 is 1.83 bits per heavy atom. The topological polar surface area (TPSA) is 49.9 Å². The Bertz CT molecular complexity index is 672. The highest BCUT2D eigenvalue weighted by atomic mass is 35.5. The van der Waals surface area contributed by atoms with Crippen LogP contribution in [-0.4, -0.2) is 63.1 Å². The van der Waals surface area contributed by atoms with Crippen LogP contribution in [-0.2, 0) is 20.5 Å². The van der Waals surface area contributed by atoms with E-state index in [0.717, 1.165) is 32.1 Å². The van der Waals surface area contributed by atoms with Crippen LogP contribution in [0.5, 0.6) is 0 Å². The Hall–Kier alpha value is -0.730. The van der Waals surface area contributed by atoms with Crippen molar-refractivity contribution < 1.29 is 17.5 Å². The number of nitrogens with zero attached hydrogens (tertiary/aromatic N) is 2. The molecule has 0 N–H and O–H groups in total. The molecule has 24 heavy (non-hydrogen) atoms. The van der Waals surface area contributed by atoms with Crippen molar-refractivity contribution in [3.05, 3.63) is 34.6 Å². The molecule has 2 aliphatic heterocycles. The molecule has 5 nitrogen and oxygen atoms in total. The fourth-order valence-electron chi connectivity index (χ4n) is 3.32. The molecular formula is C16H22ClFN2O3S. The Labute approximate surface area is 147 Å². The molecular weight excluding hydrogens is 355 g/mol. The van der Waals surface area contributed by atoms with E-state index in [-0.39, 0.29) is 16.3 Å². The van der Waals surface area contributed by atoms with Crippen LogP contribution in [0.4, 0.5) is 4.39 Å². The third-order valence-corrected chi connectivity index (χ3v) is 6.79. The molecule has 2 heterocycles. The maximum Gasteiger partial charge on any atom is 0.218 e. The lowest BCUT2D eigenvalue weighted by molar-refractivity contribution is 0.0229. The summed E-state index contributed by atoms with van der Waals surface area (Å²) >= 11 is 5.71. The van der Waals surface area contributed by atoms with Crippen molar-refractivity contribution in [3.8, 4) is 0 Å². The molecule has 134 valence electrons. The smallest absolute Gasteiger partial charge is 0.218 e. The van der Waals surface area contributed by atoms with E-state index >= 15 is 0 Å². The van der Waals surface area contributed by atoms with Gasteiger partial charge in [0.15, 0.2) is 0 Å². The zero-order valence-corrected chi connectivity index (χ0v) is 15.0. The fourth-order valence-corrected chi connectivity index (χ4v) is 5.01. The number of hydrogen-bond acceptors (Lipinski definition) is 4. The number of ether oxygens (including phenoxy) is 1. The third kappa shape index (κ3) is 4.26. The average molecular weight is 377 g/mol. The summed E-state index contributed by atoms with van der Waals surface area (Å²) < 4.78 is 45.8. The van der Waals surface area contributed by atoms with Gasteiger partial charge in [-0.1, -0.05) is 17.7 Å². The first-order valence-corrected chi connectivity index (χ1v) is 10.2. The van der Waals surface area contributed by atoms with Crippen molar-refractivity contribution in [2.75, 3.05) is 39.4 Å². The van der Waals surface area contributed by atoms with Crippen LogP contribution in [0.2, 0.25) is 5.02 Å². The summed E-state index contributed by atoms with van der Waals surface area (Å²) in [6.07, 6.45) is 2.01. The first-order chi connectivity index (χ1) is 11.5. The first-order valence-electron chi connectivity index (χ1n) is 8.19. The van der Waals surface area contributed by atoms with Crippen molar-refractivity contribution in [1.29, 1.82) is 0 Å². The summed E-state index contributed by atoms with van der Waals surface area (Å²) in [6.45, 7) is 3.89. The van der Waals surface area contributed by atoms with Gasteiger partial charge in [-0.3, -0.25) is 4.90 Å². The van der Waals surface area contributed by atoms with Crippen molar-refractivity contribution in [2.24, 2.45) is 0 Å². The summed E-state index contributed by atoms with van der Waals surface area (Å²) in [5.41, 5.74) is 0.159.